The van der Waals surface area contributed by atoms with Gasteiger partial charge in [-0.15, -0.1) is 0 Å². The number of hydrogen-bond donors (Lipinski definition) is 1. The highest BCUT2D eigenvalue weighted by atomic mass is 32.2. The van der Waals surface area contributed by atoms with Gasteiger partial charge in [-0.3, -0.25) is 13.9 Å². The van der Waals surface area contributed by atoms with Crippen molar-refractivity contribution >= 4 is 27.5 Å². The molecule has 0 spiro atoms. The number of rotatable bonds is 16. The van der Waals surface area contributed by atoms with Gasteiger partial charge in [0.2, 0.25) is 11.8 Å². The maximum atomic E-state index is 14.2. The van der Waals surface area contributed by atoms with Crippen LogP contribution in [0.2, 0.25) is 0 Å². The minimum absolute atomic E-state index is 0.0876. The zero-order valence-electron chi connectivity index (χ0n) is 26.3. The van der Waals surface area contributed by atoms with E-state index in [-0.39, 0.29) is 34.7 Å². The lowest BCUT2D eigenvalue weighted by Crippen LogP contribution is -2.52. The van der Waals surface area contributed by atoms with Crippen molar-refractivity contribution in [2.24, 2.45) is 5.92 Å². The first-order valence-corrected chi connectivity index (χ1v) is 16.0. The number of methoxy groups -OCH3 is 2. The lowest BCUT2D eigenvalue weighted by molar-refractivity contribution is -0.138. The molecule has 1 N–H and O–H groups in total. The number of nitrogens with zero attached hydrogens (tertiary/aromatic N) is 2. The summed E-state index contributed by atoms with van der Waals surface area (Å²) in [5, 5.41) is 2.89. The quantitative estimate of drug-likeness (QED) is 0.249. The summed E-state index contributed by atoms with van der Waals surface area (Å²) in [6.45, 7) is 8.04. The Kier molecular flexibility index (Phi) is 12.5. The van der Waals surface area contributed by atoms with E-state index in [0.29, 0.717) is 31.1 Å². The maximum absolute atomic E-state index is 14.2. The molecule has 0 bridgehead atoms. The van der Waals surface area contributed by atoms with E-state index in [4.69, 9.17) is 14.2 Å². The molecule has 0 aliphatic heterocycles. The van der Waals surface area contributed by atoms with E-state index in [2.05, 4.69) is 5.32 Å². The Labute approximate surface area is 261 Å². The number of anilines is 1. The molecule has 44 heavy (non-hydrogen) atoms. The third-order valence-corrected chi connectivity index (χ3v) is 8.76. The SMILES string of the molecule is CCOc1ccc(N(CC(=O)N(CCc2ccccc2)[C@H](C)C(=O)NCC(C)C)S(=O)(=O)c2ccc(OC)c(OC)c2)cc1. The van der Waals surface area contributed by atoms with Crippen molar-refractivity contribution in [1.29, 1.82) is 0 Å². The van der Waals surface area contributed by atoms with E-state index < -0.39 is 28.5 Å². The largest absolute Gasteiger partial charge is 0.494 e. The van der Waals surface area contributed by atoms with E-state index >= 15 is 0 Å². The number of carbonyl (C=O) groups excluding carboxylic acids is 2. The summed E-state index contributed by atoms with van der Waals surface area (Å²) in [6.07, 6.45) is 0.486. The fraction of sp³-hybridized carbons (Fsp3) is 0.394. The molecule has 11 heteroatoms. The fourth-order valence-electron chi connectivity index (χ4n) is 4.53. The van der Waals surface area contributed by atoms with E-state index in [0.717, 1.165) is 9.87 Å². The number of benzene rings is 3. The fourth-order valence-corrected chi connectivity index (χ4v) is 5.96. The monoisotopic (exact) mass is 625 g/mol. The first kappa shape index (κ1) is 34.2. The summed E-state index contributed by atoms with van der Waals surface area (Å²) in [6, 6.07) is 19.5. The van der Waals surface area contributed by atoms with Crippen LogP contribution in [0.5, 0.6) is 17.2 Å². The number of amides is 2. The van der Waals surface area contributed by atoms with Crippen molar-refractivity contribution in [3.63, 3.8) is 0 Å². The summed E-state index contributed by atoms with van der Waals surface area (Å²) >= 11 is 0. The molecule has 3 aromatic rings. The maximum Gasteiger partial charge on any atom is 0.264 e. The normalized spacial score (nSPS) is 11.9. The number of nitrogens with one attached hydrogen (secondary N) is 1. The summed E-state index contributed by atoms with van der Waals surface area (Å²) in [5.41, 5.74) is 1.25. The van der Waals surface area contributed by atoms with Crippen LogP contribution < -0.4 is 23.8 Å². The standard InChI is InChI=1S/C33H43N3O7S/c1-7-43-28-15-13-27(14-16-28)36(44(39,40)29-17-18-30(41-5)31(21-29)42-6)23-32(37)35(20-19-26-11-9-8-10-12-26)25(4)33(38)34-22-24(2)3/h8-18,21,24-25H,7,19-20,22-23H2,1-6H3,(H,34,38)/t25-/m1/s1. The van der Waals surface area contributed by atoms with Crippen molar-refractivity contribution in [2.45, 2.75) is 45.1 Å². The summed E-state index contributed by atoms with van der Waals surface area (Å²) in [5.74, 6) is 0.545. The Morgan fingerprint density at radius 3 is 2.14 bits per heavy atom. The Bertz CT molecular complexity index is 1480. The molecule has 0 aliphatic carbocycles. The van der Waals surface area contributed by atoms with Gasteiger partial charge in [0.05, 0.1) is 31.4 Å². The molecule has 0 saturated heterocycles. The predicted molar refractivity (Wildman–Crippen MR) is 171 cm³/mol. The van der Waals surface area contributed by atoms with Crippen molar-refractivity contribution in [2.75, 3.05) is 44.8 Å². The third-order valence-electron chi connectivity index (χ3n) is 6.99. The molecule has 2 amide bonds. The second kappa shape index (κ2) is 16.0. The highest BCUT2D eigenvalue weighted by Crippen LogP contribution is 2.33. The van der Waals surface area contributed by atoms with Crippen LogP contribution in [0.1, 0.15) is 33.3 Å². The second-order valence-corrected chi connectivity index (χ2v) is 12.5. The van der Waals surface area contributed by atoms with E-state index in [9.17, 15) is 18.0 Å². The minimum Gasteiger partial charge on any atom is -0.494 e. The topological polar surface area (TPSA) is 114 Å². The van der Waals surface area contributed by atoms with Crippen LogP contribution >= 0.6 is 0 Å². The number of sulfonamides is 1. The summed E-state index contributed by atoms with van der Waals surface area (Å²) < 4.78 is 45.6. The molecule has 3 aromatic carbocycles. The van der Waals surface area contributed by atoms with E-state index in [1.165, 1.54) is 37.3 Å². The Hall–Kier alpha value is -4.25. The molecule has 0 radical (unpaired) electrons. The van der Waals surface area contributed by atoms with Gasteiger partial charge in [-0.1, -0.05) is 44.2 Å². The highest BCUT2D eigenvalue weighted by molar-refractivity contribution is 7.92. The molecular weight excluding hydrogens is 582 g/mol. The third kappa shape index (κ3) is 8.89. The number of ether oxygens (including phenoxy) is 3. The second-order valence-electron chi connectivity index (χ2n) is 10.6. The van der Waals surface area contributed by atoms with Gasteiger partial charge < -0.3 is 24.4 Å². The van der Waals surface area contributed by atoms with Crippen molar-refractivity contribution in [1.82, 2.24) is 10.2 Å². The van der Waals surface area contributed by atoms with Gasteiger partial charge in [-0.2, -0.15) is 0 Å². The highest BCUT2D eigenvalue weighted by Gasteiger charge is 2.33. The van der Waals surface area contributed by atoms with Crippen LogP contribution in [0.15, 0.2) is 77.7 Å². The summed E-state index contributed by atoms with van der Waals surface area (Å²) in [7, 11) is -1.42. The zero-order chi connectivity index (χ0) is 32.3. The molecule has 1 atom stereocenters. The van der Waals surface area contributed by atoms with Crippen LogP contribution in [-0.4, -0.2) is 71.6 Å². The Balaban J connectivity index is 2.02. The van der Waals surface area contributed by atoms with Gasteiger partial charge in [0, 0.05) is 19.2 Å². The van der Waals surface area contributed by atoms with Crippen LogP contribution in [0.25, 0.3) is 0 Å². The zero-order valence-corrected chi connectivity index (χ0v) is 27.1. The molecule has 0 aromatic heterocycles. The minimum atomic E-state index is -4.29. The first-order chi connectivity index (χ1) is 21.0. The molecule has 0 unspecified atom stereocenters. The smallest absolute Gasteiger partial charge is 0.264 e. The molecule has 0 fully saturated rings. The summed E-state index contributed by atoms with van der Waals surface area (Å²) in [4.78, 5) is 28.6. The van der Waals surface area contributed by atoms with Crippen molar-refractivity contribution < 1.29 is 32.2 Å². The molecule has 0 aliphatic rings. The average Bonchev–Trinajstić information content (AvgIpc) is 3.03. The van der Waals surface area contributed by atoms with Crippen LogP contribution in [0, 0.1) is 5.92 Å². The van der Waals surface area contributed by atoms with Crippen LogP contribution in [0.4, 0.5) is 5.69 Å². The molecule has 0 heterocycles. The van der Waals surface area contributed by atoms with Crippen LogP contribution in [0.3, 0.4) is 0 Å². The number of hydrogen-bond acceptors (Lipinski definition) is 7. The van der Waals surface area contributed by atoms with Gasteiger partial charge in [0.25, 0.3) is 10.0 Å². The first-order valence-electron chi connectivity index (χ1n) is 14.6. The Morgan fingerprint density at radius 1 is 0.886 bits per heavy atom. The molecule has 0 saturated carbocycles. The lowest BCUT2D eigenvalue weighted by Gasteiger charge is -2.32. The van der Waals surface area contributed by atoms with Gasteiger partial charge >= 0.3 is 0 Å². The van der Waals surface area contributed by atoms with Gasteiger partial charge in [0.15, 0.2) is 11.5 Å². The van der Waals surface area contributed by atoms with Crippen LogP contribution in [-0.2, 0) is 26.0 Å². The Morgan fingerprint density at radius 2 is 1.55 bits per heavy atom. The molecule has 3 rings (SSSR count). The molecule has 238 valence electrons. The van der Waals surface area contributed by atoms with Crippen molar-refractivity contribution in [3.8, 4) is 17.2 Å². The lowest BCUT2D eigenvalue weighted by atomic mass is 10.1. The van der Waals surface area contributed by atoms with Gasteiger partial charge in [-0.25, -0.2) is 8.42 Å². The van der Waals surface area contributed by atoms with E-state index in [1.807, 2.05) is 51.1 Å². The van der Waals surface area contributed by atoms with Gasteiger partial charge in [0.1, 0.15) is 18.3 Å². The molecule has 10 nitrogen and oxygen atoms in total. The average molecular weight is 626 g/mol. The molecular formula is C33H43N3O7S. The van der Waals surface area contributed by atoms with Crippen molar-refractivity contribution in [3.05, 3.63) is 78.4 Å². The predicted octanol–water partition coefficient (Wildman–Crippen LogP) is 4.53. The van der Waals surface area contributed by atoms with E-state index in [1.54, 1.807) is 31.2 Å². The van der Waals surface area contributed by atoms with Gasteiger partial charge in [-0.05, 0) is 68.1 Å². The number of carbonyl (C=O) groups is 2.